The van der Waals surface area contributed by atoms with E-state index in [0.717, 1.165) is 0 Å². The predicted molar refractivity (Wildman–Crippen MR) is 326 cm³/mol. The predicted octanol–water partition coefficient (Wildman–Crippen LogP) is -21.8. The van der Waals surface area contributed by atoms with Crippen LogP contribution >= 0.6 is 0 Å². The lowest BCUT2D eigenvalue weighted by Crippen LogP contribution is -2.69. The van der Waals surface area contributed by atoms with Crippen LogP contribution in [0, 0.1) is 0 Å². The fourth-order valence-electron chi connectivity index (χ4n) is 14.8. The van der Waals surface area contributed by atoms with E-state index >= 15 is 0 Å². The molecule has 26 rings (SSSR count). The molecule has 640 valence electrons. The standard InChI is InChI=1S/C60H100O50/c61-1-11-21(70)22(71)32(81)52(92-11)102-43-13(3-63)94-54(34(83)24(43)73)104-44-14(4-64)95-53(35(84)25(44)74)103-42-12(2-62)93-51(33(82)23(42)72)91-10-20-50-31(80)41(90)60(101-20)109-49-19(9-69)99-58(39(88)29(49)78)107-47-17(7-67)97-56(37(86)27(47)76)105-45-15(5-65)96-55(36(85)26(45)75)106-46-16(6-66)98-57(38(87)28(46)77)108-48-18(8-68)100-59(110-50)40(89)30(48)79/h11-90H,1-10H2/t11-,12-,13-,14-,15-,16-,17-,18-,19-,20-,21-,22+,23-,24-,25-,26-,27-,28-,29-,30-,31-,32-,33-,34-,35-,36-,37-,38-,39-,40-,41-,42-,43-,44-,45-,46-,47-,48-,49-,50-,51+,52-,53-,54-,55-,56-,57-,58-,59-,60-/m1/s1. The van der Waals surface area contributed by atoms with Gasteiger partial charge in [-0.25, -0.2) is 0 Å². The first-order valence-corrected chi connectivity index (χ1v) is 35.2. The zero-order valence-corrected chi connectivity index (χ0v) is 57.5. The Morgan fingerprint density at radius 1 is 0.164 bits per heavy atom. The van der Waals surface area contributed by atoms with Gasteiger partial charge < -0.3 is 248 Å². The van der Waals surface area contributed by atoms with E-state index in [1.165, 1.54) is 0 Å². The Balaban J connectivity index is 0.809. The lowest BCUT2D eigenvalue weighted by atomic mass is 9.94. The molecule has 110 heavy (non-hydrogen) atoms. The summed E-state index contributed by atoms with van der Waals surface area (Å²) in [5, 5.41) is 333. The van der Waals surface area contributed by atoms with Gasteiger partial charge in [0.1, 0.15) is 244 Å². The number of hydrogen-bond acceptors (Lipinski definition) is 50. The zero-order chi connectivity index (χ0) is 80.1. The highest BCUT2D eigenvalue weighted by atomic mass is 16.8. The Hall–Kier alpha value is -2.00. The van der Waals surface area contributed by atoms with Crippen molar-refractivity contribution in [2.24, 2.45) is 0 Å². The van der Waals surface area contributed by atoms with Gasteiger partial charge in [-0.15, -0.1) is 0 Å². The Morgan fingerprint density at radius 3 is 0.609 bits per heavy atom. The number of aliphatic hydroxyl groups excluding tert-OH is 30. The minimum Gasteiger partial charge on any atom is -0.394 e. The highest BCUT2D eigenvalue weighted by molar-refractivity contribution is 5.04. The van der Waals surface area contributed by atoms with Crippen molar-refractivity contribution >= 4 is 0 Å². The average Bonchev–Trinajstić information content (AvgIpc) is 0.783. The minimum absolute atomic E-state index is 0.882. The molecule has 0 radical (unpaired) electrons. The second-order valence-corrected chi connectivity index (χ2v) is 28.1. The molecule has 0 aromatic rings. The van der Waals surface area contributed by atoms with Gasteiger partial charge in [0, 0.05) is 0 Å². The fraction of sp³-hybridized carbons (Fsp3) is 1.00. The van der Waals surface area contributed by atoms with Crippen LogP contribution < -0.4 is 0 Å². The molecule has 26 heterocycles. The van der Waals surface area contributed by atoms with Crippen molar-refractivity contribution in [3.63, 3.8) is 0 Å². The van der Waals surface area contributed by atoms with Crippen LogP contribution in [0.1, 0.15) is 0 Å². The first-order valence-electron chi connectivity index (χ1n) is 35.2. The van der Waals surface area contributed by atoms with Crippen molar-refractivity contribution in [1.82, 2.24) is 0 Å². The molecule has 0 spiro atoms. The zero-order valence-electron chi connectivity index (χ0n) is 57.5. The quantitative estimate of drug-likeness (QED) is 0.0606. The van der Waals surface area contributed by atoms with Crippen molar-refractivity contribution < 1.29 is 248 Å². The summed E-state index contributed by atoms with van der Waals surface area (Å²) in [5.74, 6) is 0. The van der Waals surface area contributed by atoms with Gasteiger partial charge in [-0.2, -0.15) is 0 Å². The normalized spacial score (nSPS) is 54.9. The molecule has 26 aliphatic heterocycles. The summed E-state index contributed by atoms with van der Waals surface area (Å²) >= 11 is 0. The average molecular weight is 1620 g/mol. The van der Waals surface area contributed by atoms with Gasteiger partial charge >= 0.3 is 0 Å². The van der Waals surface area contributed by atoms with Crippen molar-refractivity contribution in [3.8, 4) is 0 Å². The molecular weight excluding hydrogens is 1520 g/mol. The highest BCUT2D eigenvalue weighted by Gasteiger charge is 2.62. The number of rotatable bonds is 18. The van der Waals surface area contributed by atoms with Crippen molar-refractivity contribution in [2.45, 2.75) is 307 Å². The van der Waals surface area contributed by atoms with Crippen molar-refractivity contribution in [3.05, 3.63) is 0 Å². The van der Waals surface area contributed by atoms with Crippen molar-refractivity contribution in [1.29, 1.82) is 0 Å². The third-order valence-corrected chi connectivity index (χ3v) is 21.1. The second kappa shape index (κ2) is 37.9. The summed E-state index contributed by atoms with van der Waals surface area (Å²) in [7, 11) is 0. The van der Waals surface area contributed by atoms with Crippen molar-refractivity contribution in [2.75, 3.05) is 66.1 Å². The molecular formula is C60H100O50. The van der Waals surface area contributed by atoms with Crippen LogP contribution in [0.25, 0.3) is 0 Å². The van der Waals surface area contributed by atoms with E-state index in [1.807, 2.05) is 0 Å². The van der Waals surface area contributed by atoms with E-state index in [-0.39, 0.29) is 0 Å². The third-order valence-electron chi connectivity index (χ3n) is 21.1. The molecule has 26 fully saturated rings. The third kappa shape index (κ3) is 17.7. The molecule has 30 N–H and O–H groups in total. The van der Waals surface area contributed by atoms with Gasteiger partial charge in [0.15, 0.2) is 62.9 Å². The molecule has 50 atom stereocenters. The summed E-state index contributed by atoms with van der Waals surface area (Å²) in [5.41, 5.74) is 0. The maximum Gasteiger partial charge on any atom is 0.187 e. The number of hydrogen-bond donors (Lipinski definition) is 30. The molecule has 0 saturated carbocycles. The Morgan fingerprint density at radius 2 is 0.364 bits per heavy atom. The molecule has 26 aliphatic rings. The number of ether oxygens (including phenoxy) is 20. The van der Waals surface area contributed by atoms with Gasteiger partial charge in [-0.3, -0.25) is 0 Å². The lowest BCUT2D eigenvalue weighted by Gasteiger charge is -2.51. The largest absolute Gasteiger partial charge is 0.394 e. The van der Waals surface area contributed by atoms with E-state index < -0.39 is 373 Å². The maximum absolute atomic E-state index is 12.0. The fourth-order valence-corrected chi connectivity index (χ4v) is 14.8. The van der Waals surface area contributed by atoms with E-state index in [9.17, 15) is 153 Å². The second-order valence-electron chi connectivity index (χ2n) is 28.1. The summed E-state index contributed by atoms with van der Waals surface area (Å²) in [4.78, 5) is 0. The van der Waals surface area contributed by atoms with E-state index in [2.05, 4.69) is 0 Å². The van der Waals surface area contributed by atoms with Gasteiger partial charge in [0.25, 0.3) is 0 Å². The maximum atomic E-state index is 12.0. The Kier molecular flexibility index (Phi) is 30.6. The van der Waals surface area contributed by atoms with Crippen LogP contribution in [0.4, 0.5) is 0 Å². The number of aliphatic hydroxyl groups is 30. The highest BCUT2D eigenvalue weighted by Crippen LogP contribution is 2.41. The summed E-state index contributed by atoms with van der Waals surface area (Å²) in [6.45, 7) is -11.0. The Bertz CT molecular complexity index is 2780. The monoisotopic (exact) mass is 1620 g/mol. The molecule has 0 aromatic carbocycles. The SMILES string of the molecule is OC[C@H]1O[C@H](O[C@H]2[C@H](O)[C@@H](O)[C@@H](O[C@H]3[C@H](O)[C@@H](O)[C@@H](O[C@H]4[C@H](O)[C@@H](O)[C@@H](OC[C@H]5O[C@@H]6O[C@H]7[C@H](O)[C@@H](O)[C@@H](O[C@H]8[C@H](O)[C@@H](O)[C@@H](O[C@H]9[C@H](O)[C@@H](O)[C@@H](O[C@H]%10[C@H](O)[C@@H](O)[C@@H](O[C@H]%11[C@H](O)[C@@H](O)[C@@H](O[C@H]5[C@H](O)[C@H]6O)O[C@@H]%11CO)O[C@@H]%10CO)O[C@@H]9CO)O[C@@H]8CO)O[C@@H]7CO)O[C@@H]4CO)O[C@@H]3CO)O[C@@H]2CO)[C@H](O)[C@@H](O)[C@@H]1O. The van der Waals surface area contributed by atoms with Crippen LogP contribution in [0.5, 0.6) is 0 Å². The van der Waals surface area contributed by atoms with Crippen LogP contribution in [0.3, 0.4) is 0 Å². The molecule has 50 nitrogen and oxygen atoms in total. The molecule has 0 aromatic heterocycles. The first kappa shape index (κ1) is 88.8. The van der Waals surface area contributed by atoms with Crippen LogP contribution in [-0.2, 0) is 94.7 Å². The van der Waals surface area contributed by atoms with Crippen LogP contribution in [0.2, 0.25) is 0 Å². The summed E-state index contributed by atoms with van der Waals surface area (Å²) in [6.07, 6.45) is -105. The van der Waals surface area contributed by atoms with Gasteiger partial charge in [0.05, 0.1) is 66.1 Å². The lowest BCUT2D eigenvalue weighted by molar-refractivity contribution is -0.406. The first-order chi connectivity index (χ1) is 52.3. The molecule has 12 bridgehead atoms. The molecule has 50 heteroatoms. The van der Waals surface area contributed by atoms with E-state index in [1.54, 1.807) is 0 Å². The van der Waals surface area contributed by atoms with Gasteiger partial charge in [-0.05, 0) is 0 Å². The molecule has 0 amide bonds. The van der Waals surface area contributed by atoms with E-state index in [4.69, 9.17) is 94.7 Å². The van der Waals surface area contributed by atoms with E-state index in [0.29, 0.717) is 0 Å². The molecule has 0 aliphatic carbocycles. The summed E-state index contributed by atoms with van der Waals surface area (Å²) in [6, 6.07) is 0. The smallest absolute Gasteiger partial charge is 0.187 e. The van der Waals surface area contributed by atoms with Gasteiger partial charge in [0.2, 0.25) is 0 Å². The Labute approximate surface area is 619 Å². The minimum atomic E-state index is -2.44. The summed E-state index contributed by atoms with van der Waals surface area (Å²) < 4.78 is 115. The topological polar surface area (TPSA) is 792 Å². The van der Waals surface area contributed by atoms with Gasteiger partial charge in [-0.1, -0.05) is 0 Å². The molecule has 26 saturated heterocycles. The molecule has 0 unspecified atom stereocenters. The van der Waals surface area contributed by atoms with Crippen LogP contribution in [0.15, 0.2) is 0 Å². The van der Waals surface area contributed by atoms with Crippen LogP contribution in [-0.4, -0.2) is 526 Å².